The molecule has 0 spiro atoms. The third-order valence-corrected chi connectivity index (χ3v) is 3.83. The van der Waals surface area contributed by atoms with Gasteiger partial charge in [-0.15, -0.1) is 0 Å². The Balaban J connectivity index is 1.97. The molecule has 1 heterocycles. The number of nitrogens with zero attached hydrogens (tertiary/aromatic N) is 2. The largest absolute Gasteiger partial charge is 0.467 e. The molecular formula is C11H13ClN2O2. The lowest BCUT2D eigenvalue weighted by atomic mass is 10.2. The molecule has 1 aromatic heterocycles. The molecule has 3 rings (SSSR count). The lowest BCUT2D eigenvalue weighted by Crippen LogP contribution is -2.30. The average molecular weight is 241 g/mol. The SMILES string of the molecule is COC(=O)C1(n2ncc(C3CC3)c2Cl)CC1. The highest BCUT2D eigenvalue weighted by molar-refractivity contribution is 6.30. The fourth-order valence-electron chi connectivity index (χ4n) is 2.12. The minimum Gasteiger partial charge on any atom is -0.467 e. The first-order valence-corrected chi connectivity index (χ1v) is 5.89. The van der Waals surface area contributed by atoms with E-state index in [1.165, 1.54) is 20.0 Å². The third-order valence-electron chi connectivity index (χ3n) is 3.45. The second-order valence-corrected chi connectivity index (χ2v) is 4.96. The predicted octanol–water partition coefficient (Wildman–Crippen LogP) is 2.08. The molecule has 0 amide bonds. The number of halogens is 1. The van der Waals surface area contributed by atoms with E-state index in [2.05, 4.69) is 5.10 Å². The molecule has 4 nitrogen and oxygen atoms in total. The van der Waals surface area contributed by atoms with Crippen LogP contribution < -0.4 is 0 Å². The van der Waals surface area contributed by atoms with Gasteiger partial charge in [-0.1, -0.05) is 11.6 Å². The maximum Gasteiger partial charge on any atom is 0.333 e. The van der Waals surface area contributed by atoms with Crippen molar-refractivity contribution in [2.75, 3.05) is 7.11 Å². The van der Waals surface area contributed by atoms with Crippen LogP contribution in [0.4, 0.5) is 0 Å². The normalized spacial score (nSPS) is 21.9. The Kier molecular flexibility index (Phi) is 2.05. The molecule has 0 atom stereocenters. The molecule has 0 unspecified atom stereocenters. The summed E-state index contributed by atoms with van der Waals surface area (Å²) in [4.78, 5) is 11.7. The topological polar surface area (TPSA) is 44.1 Å². The Morgan fingerprint density at radius 1 is 1.62 bits per heavy atom. The molecule has 2 saturated carbocycles. The minimum atomic E-state index is -0.612. The number of rotatable bonds is 3. The maximum atomic E-state index is 11.7. The van der Waals surface area contributed by atoms with Crippen molar-refractivity contribution in [3.63, 3.8) is 0 Å². The monoisotopic (exact) mass is 240 g/mol. The van der Waals surface area contributed by atoms with E-state index >= 15 is 0 Å². The van der Waals surface area contributed by atoms with Crippen molar-refractivity contribution < 1.29 is 9.53 Å². The van der Waals surface area contributed by atoms with Gasteiger partial charge in [-0.25, -0.2) is 9.48 Å². The molecule has 16 heavy (non-hydrogen) atoms. The van der Waals surface area contributed by atoms with Gasteiger partial charge in [0.05, 0.1) is 13.3 Å². The van der Waals surface area contributed by atoms with E-state index in [9.17, 15) is 4.79 Å². The van der Waals surface area contributed by atoms with Gasteiger partial charge in [0.1, 0.15) is 5.15 Å². The highest BCUT2D eigenvalue weighted by atomic mass is 35.5. The van der Waals surface area contributed by atoms with Crippen molar-refractivity contribution in [1.82, 2.24) is 9.78 Å². The summed E-state index contributed by atoms with van der Waals surface area (Å²) in [6, 6.07) is 0. The van der Waals surface area contributed by atoms with Crippen LogP contribution in [0, 0.1) is 0 Å². The number of hydrogen-bond acceptors (Lipinski definition) is 3. The zero-order valence-electron chi connectivity index (χ0n) is 9.07. The Hall–Kier alpha value is -1.03. The molecule has 2 aliphatic carbocycles. The Labute approximate surface area is 98.5 Å². The van der Waals surface area contributed by atoms with Gasteiger partial charge in [0.2, 0.25) is 0 Å². The number of aromatic nitrogens is 2. The number of ether oxygens (including phenoxy) is 1. The van der Waals surface area contributed by atoms with Crippen molar-refractivity contribution in [2.24, 2.45) is 0 Å². The molecule has 2 fully saturated rings. The summed E-state index contributed by atoms with van der Waals surface area (Å²) < 4.78 is 6.46. The summed E-state index contributed by atoms with van der Waals surface area (Å²) in [7, 11) is 1.40. The van der Waals surface area contributed by atoms with Gasteiger partial charge in [-0.3, -0.25) is 0 Å². The van der Waals surface area contributed by atoms with Crippen molar-refractivity contribution in [1.29, 1.82) is 0 Å². The zero-order valence-corrected chi connectivity index (χ0v) is 9.83. The molecular weight excluding hydrogens is 228 g/mol. The number of carbonyl (C=O) groups excluding carboxylic acids is 1. The predicted molar refractivity (Wildman–Crippen MR) is 58.4 cm³/mol. The van der Waals surface area contributed by atoms with Crippen LogP contribution in [-0.4, -0.2) is 22.9 Å². The van der Waals surface area contributed by atoms with Gasteiger partial charge < -0.3 is 4.74 Å². The molecule has 0 bridgehead atoms. The van der Waals surface area contributed by atoms with Gasteiger partial charge in [0, 0.05) is 5.56 Å². The van der Waals surface area contributed by atoms with E-state index in [1.807, 2.05) is 0 Å². The Bertz CT molecular complexity index is 447. The number of carbonyl (C=O) groups is 1. The van der Waals surface area contributed by atoms with E-state index in [0.29, 0.717) is 11.1 Å². The molecule has 5 heteroatoms. The first-order chi connectivity index (χ1) is 7.69. The number of esters is 1. The van der Waals surface area contributed by atoms with Crippen LogP contribution in [0.5, 0.6) is 0 Å². The highest BCUT2D eigenvalue weighted by Gasteiger charge is 2.55. The van der Waals surface area contributed by atoms with E-state index in [1.54, 1.807) is 10.9 Å². The zero-order chi connectivity index (χ0) is 11.3. The summed E-state index contributed by atoms with van der Waals surface area (Å²) in [6.07, 6.45) is 5.69. The fourth-order valence-corrected chi connectivity index (χ4v) is 2.53. The van der Waals surface area contributed by atoms with Crippen LogP contribution in [0.2, 0.25) is 5.15 Å². The van der Waals surface area contributed by atoms with Crippen LogP contribution in [0.3, 0.4) is 0 Å². The van der Waals surface area contributed by atoms with Crippen molar-refractivity contribution >= 4 is 17.6 Å². The fraction of sp³-hybridized carbons (Fsp3) is 0.636. The highest BCUT2D eigenvalue weighted by Crippen LogP contribution is 2.49. The average Bonchev–Trinajstić information content (AvgIpc) is 3.19. The summed E-state index contributed by atoms with van der Waals surface area (Å²) in [5.41, 5.74) is 0.468. The summed E-state index contributed by atoms with van der Waals surface area (Å²) in [5, 5.41) is 4.88. The molecule has 0 aromatic carbocycles. The lowest BCUT2D eigenvalue weighted by molar-refractivity contribution is -0.146. The van der Waals surface area contributed by atoms with Crippen molar-refractivity contribution in [3.8, 4) is 0 Å². The molecule has 0 radical (unpaired) electrons. The molecule has 0 aliphatic heterocycles. The molecule has 86 valence electrons. The first-order valence-electron chi connectivity index (χ1n) is 5.51. The van der Waals surface area contributed by atoms with E-state index in [-0.39, 0.29) is 5.97 Å². The van der Waals surface area contributed by atoms with Crippen LogP contribution >= 0.6 is 11.6 Å². The maximum absolute atomic E-state index is 11.7. The lowest BCUT2D eigenvalue weighted by Gasteiger charge is -2.14. The first kappa shape index (κ1) is 10.1. The Morgan fingerprint density at radius 3 is 2.81 bits per heavy atom. The quantitative estimate of drug-likeness (QED) is 0.760. The van der Waals surface area contributed by atoms with Gasteiger partial charge in [-0.2, -0.15) is 5.10 Å². The van der Waals surface area contributed by atoms with Crippen molar-refractivity contribution in [2.45, 2.75) is 37.1 Å². The third kappa shape index (κ3) is 1.29. The summed E-state index contributed by atoms with van der Waals surface area (Å²) in [5.74, 6) is 0.314. The van der Waals surface area contributed by atoms with Gasteiger partial charge in [0.15, 0.2) is 5.54 Å². The van der Waals surface area contributed by atoms with E-state index in [4.69, 9.17) is 16.3 Å². The molecule has 1 aromatic rings. The van der Waals surface area contributed by atoms with E-state index < -0.39 is 5.54 Å². The smallest absolute Gasteiger partial charge is 0.333 e. The van der Waals surface area contributed by atoms with Crippen molar-refractivity contribution in [3.05, 3.63) is 16.9 Å². The number of hydrogen-bond donors (Lipinski definition) is 0. The Morgan fingerprint density at radius 2 is 2.31 bits per heavy atom. The standard InChI is InChI=1S/C11H13ClN2O2/c1-16-10(15)11(4-5-11)14-9(12)8(6-13-14)7-2-3-7/h6-7H,2-5H2,1H3. The van der Waals surface area contributed by atoms with Gasteiger partial charge >= 0.3 is 5.97 Å². The second-order valence-electron chi connectivity index (χ2n) is 4.60. The molecule has 0 N–H and O–H groups in total. The minimum absolute atomic E-state index is 0.236. The van der Waals surface area contributed by atoms with Crippen LogP contribution in [0.1, 0.15) is 37.2 Å². The van der Waals surface area contributed by atoms with Crippen LogP contribution in [-0.2, 0) is 15.1 Å². The summed E-state index contributed by atoms with van der Waals surface area (Å²) in [6.45, 7) is 0. The molecule has 0 saturated heterocycles. The van der Waals surface area contributed by atoms with Crippen LogP contribution in [0.25, 0.3) is 0 Å². The van der Waals surface area contributed by atoms with Gasteiger partial charge in [0.25, 0.3) is 0 Å². The molecule has 2 aliphatic rings. The van der Waals surface area contributed by atoms with E-state index in [0.717, 1.165) is 18.4 Å². The summed E-state index contributed by atoms with van der Waals surface area (Å²) >= 11 is 6.28. The number of methoxy groups -OCH3 is 1. The van der Waals surface area contributed by atoms with Crippen LogP contribution in [0.15, 0.2) is 6.20 Å². The van der Waals surface area contributed by atoms with Gasteiger partial charge in [-0.05, 0) is 31.6 Å². The second kappa shape index (κ2) is 3.23.